The number of nitrogens with one attached hydrogen (secondary N) is 2. The van der Waals surface area contributed by atoms with Crippen molar-refractivity contribution in [2.75, 3.05) is 32.5 Å². The number of hydrogen-bond acceptors (Lipinski definition) is 3. The Labute approximate surface area is 132 Å². The number of carbonyl (C=O) groups excluding carboxylic acids is 1. The molecule has 1 atom stereocenters. The summed E-state index contributed by atoms with van der Waals surface area (Å²) in [6.45, 7) is 7.45. The zero-order chi connectivity index (χ0) is 16.0. The van der Waals surface area contributed by atoms with Gasteiger partial charge in [-0.1, -0.05) is 31.5 Å². The van der Waals surface area contributed by atoms with E-state index in [0.717, 1.165) is 17.8 Å². The molecule has 0 bridgehead atoms. The molecule has 1 amide bonds. The SMILES string of the molecule is Cc1ccc(Cl)cc1NC(=O)CNC(CN(C)C)C(C)C. The van der Waals surface area contributed by atoms with E-state index in [0.29, 0.717) is 17.5 Å². The number of anilines is 1. The van der Waals surface area contributed by atoms with Gasteiger partial charge in [0.15, 0.2) is 0 Å². The first-order valence-electron chi connectivity index (χ1n) is 7.23. The van der Waals surface area contributed by atoms with Gasteiger partial charge >= 0.3 is 0 Å². The van der Waals surface area contributed by atoms with Crippen molar-refractivity contribution < 1.29 is 4.79 Å². The van der Waals surface area contributed by atoms with Gasteiger partial charge in [-0.25, -0.2) is 0 Å². The molecule has 0 heterocycles. The Kier molecular flexibility index (Phi) is 7.15. The minimum Gasteiger partial charge on any atom is -0.325 e. The predicted octanol–water partition coefficient (Wildman–Crippen LogP) is 2.76. The lowest BCUT2D eigenvalue weighted by molar-refractivity contribution is -0.115. The van der Waals surface area contributed by atoms with Crippen molar-refractivity contribution in [3.63, 3.8) is 0 Å². The van der Waals surface area contributed by atoms with Gasteiger partial charge in [-0.15, -0.1) is 0 Å². The van der Waals surface area contributed by atoms with Crippen LogP contribution < -0.4 is 10.6 Å². The van der Waals surface area contributed by atoms with Crippen molar-refractivity contribution >= 4 is 23.2 Å². The molecule has 0 fully saturated rings. The van der Waals surface area contributed by atoms with Gasteiger partial charge < -0.3 is 15.5 Å². The molecule has 1 aromatic rings. The third-order valence-electron chi connectivity index (χ3n) is 3.37. The summed E-state index contributed by atoms with van der Waals surface area (Å²) in [5, 5.41) is 6.84. The fraction of sp³-hybridized carbons (Fsp3) is 0.562. The Morgan fingerprint density at radius 1 is 1.33 bits per heavy atom. The Bertz CT molecular complexity index is 475. The summed E-state index contributed by atoms with van der Waals surface area (Å²) >= 11 is 5.95. The lowest BCUT2D eigenvalue weighted by Gasteiger charge is -2.25. The van der Waals surface area contributed by atoms with Gasteiger partial charge in [0, 0.05) is 23.3 Å². The Morgan fingerprint density at radius 2 is 2.00 bits per heavy atom. The molecule has 118 valence electrons. The summed E-state index contributed by atoms with van der Waals surface area (Å²) in [4.78, 5) is 14.2. The van der Waals surface area contributed by atoms with E-state index in [1.165, 1.54) is 0 Å². The van der Waals surface area contributed by atoms with Gasteiger partial charge in [-0.3, -0.25) is 4.79 Å². The van der Waals surface area contributed by atoms with Crippen LogP contribution in [0.15, 0.2) is 18.2 Å². The number of rotatable bonds is 7. The number of amides is 1. The molecule has 0 aliphatic rings. The largest absolute Gasteiger partial charge is 0.325 e. The summed E-state index contributed by atoms with van der Waals surface area (Å²) in [6, 6.07) is 5.77. The first kappa shape index (κ1) is 18.0. The molecule has 1 aromatic carbocycles. The Hall–Kier alpha value is -1.10. The van der Waals surface area contributed by atoms with Crippen LogP contribution in [0, 0.1) is 12.8 Å². The van der Waals surface area contributed by atoms with Crippen molar-refractivity contribution in [3.8, 4) is 0 Å². The molecule has 0 saturated heterocycles. The first-order valence-corrected chi connectivity index (χ1v) is 7.61. The van der Waals surface area contributed by atoms with Crippen molar-refractivity contribution in [2.45, 2.75) is 26.8 Å². The molecule has 1 rings (SSSR count). The zero-order valence-corrected chi connectivity index (χ0v) is 14.3. The molecular weight excluding hydrogens is 286 g/mol. The number of halogens is 1. The number of likely N-dealkylation sites (N-methyl/N-ethyl adjacent to an activating group) is 1. The number of aryl methyl sites for hydroxylation is 1. The topological polar surface area (TPSA) is 44.4 Å². The van der Waals surface area contributed by atoms with E-state index in [9.17, 15) is 4.79 Å². The molecule has 2 N–H and O–H groups in total. The molecular formula is C16H26ClN3O. The van der Waals surface area contributed by atoms with Crippen LogP contribution >= 0.6 is 11.6 Å². The van der Waals surface area contributed by atoms with E-state index in [-0.39, 0.29) is 11.9 Å². The fourth-order valence-electron chi connectivity index (χ4n) is 2.05. The number of nitrogens with zero attached hydrogens (tertiary/aromatic N) is 1. The fourth-order valence-corrected chi connectivity index (χ4v) is 2.22. The van der Waals surface area contributed by atoms with Crippen LogP contribution in [0.3, 0.4) is 0 Å². The van der Waals surface area contributed by atoms with E-state index in [4.69, 9.17) is 11.6 Å². The maximum Gasteiger partial charge on any atom is 0.238 e. The maximum absolute atomic E-state index is 12.1. The second-order valence-electron chi connectivity index (χ2n) is 6.00. The second kappa shape index (κ2) is 8.37. The molecule has 0 spiro atoms. The smallest absolute Gasteiger partial charge is 0.238 e. The Balaban J connectivity index is 2.55. The molecule has 0 aliphatic heterocycles. The molecule has 21 heavy (non-hydrogen) atoms. The summed E-state index contributed by atoms with van der Waals surface area (Å²) in [6.07, 6.45) is 0. The van der Waals surface area contributed by atoms with Crippen LogP contribution in [-0.4, -0.2) is 44.0 Å². The summed E-state index contributed by atoms with van der Waals surface area (Å²) in [7, 11) is 4.07. The minimum absolute atomic E-state index is 0.0511. The standard InChI is InChI=1S/C16H26ClN3O/c1-11(2)15(10-20(4)5)18-9-16(21)19-14-8-13(17)7-6-12(14)3/h6-8,11,15,18H,9-10H2,1-5H3,(H,19,21). The first-order chi connectivity index (χ1) is 9.79. The van der Waals surface area contributed by atoms with Crippen LogP contribution in [0.2, 0.25) is 5.02 Å². The van der Waals surface area contributed by atoms with Crippen LogP contribution in [-0.2, 0) is 4.79 Å². The van der Waals surface area contributed by atoms with Gasteiger partial charge in [0.05, 0.1) is 6.54 Å². The quantitative estimate of drug-likeness (QED) is 0.814. The Morgan fingerprint density at radius 3 is 2.57 bits per heavy atom. The predicted molar refractivity (Wildman–Crippen MR) is 90.0 cm³/mol. The van der Waals surface area contributed by atoms with E-state index in [1.54, 1.807) is 6.07 Å². The maximum atomic E-state index is 12.1. The summed E-state index contributed by atoms with van der Waals surface area (Å²) in [5.74, 6) is 0.415. The summed E-state index contributed by atoms with van der Waals surface area (Å²) in [5.41, 5.74) is 1.77. The van der Waals surface area contributed by atoms with Crippen LogP contribution in [0.1, 0.15) is 19.4 Å². The molecule has 1 unspecified atom stereocenters. The van der Waals surface area contributed by atoms with Gasteiger partial charge in [-0.05, 0) is 44.6 Å². The monoisotopic (exact) mass is 311 g/mol. The lowest BCUT2D eigenvalue weighted by Crippen LogP contribution is -2.45. The van der Waals surface area contributed by atoms with Gasteiger partial charge in [0.25, 0.3) is 0 Å². The molecule has 4 nitrogen and oxygen atoms in total. The normalized spacial score (nSPS) is 12.8. The van der Waals surface area contributed by atoms with Gasteiger partial charge in [0.1, 0.15) is 0 Å². The number of benzene rings is 1. The van der Waals surface area contributed by atoms with Crippen LogP contribution in [0.5, 0.6) is 0 Å². The molecule has 0 radical (unpaired) electrons. The minimum atomic E-state index is -0.0511. The van der Waals surface area contributed by atoms with Crippen LogP contribution in [0.25, 0.3) is 0 Å². The van der Waals surface area contributed by atoms with Gasteiger partial charge in [-0.2, -0.15) is 0 Å². The number of hydrogen-bond donors (Lipinski definition) is 2. The second-order valence-corrected chi connectivity index (χ2v) is 6.44. The highest BCUT2D eigenvalue weighted by molar-refractivity contribution is 6.31. The third kappa shape index (κ3) is 6.46. The number of carbonyl (C=O) groups is 1. The van der Waals surface area contributed by atoms with E-state index >= 15 is 0 Å². The van der Waals surface area contributed by atoms with E-state index in [2.05, 4.69) is 29.4 Å². The summed E-state index contributed by atoms with van der Waals surface area (Å²) < 4.78 is 0. The highest BCUT2D eigenvalue weighted by Gasteiger charge is 2.15. The average molecular weight is 312 g/mol. The van der Waals surface area contributed by atoms with Crippen LogP contribution in [0.4, 0.5) is 5.69 Å². The highest BCUT2D eigenvalue weighted by atomic mass is 35.5. The van der Waals surface area contributed by atoms with Crippen molar-refractivity contribution in [2.24, 2.45) is 5.92 Å². The molecule has 0 aliphatic carbocycles. The third-order valence-corrected chi connectivity index (χ3v) is 3.60. The van der Waals surface area contributed by atoms with Crippen molar-refractivity contribution in [1.29, 1.82) is 0 Å². The van der Waals surface area contributed by atoms with Gasteiger partial charge in [0.2, 0.25) is 5.91 Å². The van der Waals surface area contributed by atoms with Crippen molar-refractivity contribution in [1.82, 2.24) is 10.2 Å². The molecule has 0 saturated carbocycles. The highest BCUT2D eigenvalue weighted by Crippen LogP contribution is 2.19. The lowest BCUT2D eigenvalue weighted by atomic mass is 10.0. The van der Waals surface area contributed by atoms with E-state index < -0.39 is 0 Å². The molecule has 5 heteroatoms. The van der Waals surface area contributed by atoms with E-state index in [1.807, 2.05) is 33.2 Å². The average Bonchev–Trinajstić information content (AvgIpc) is 2.38. The zero-order valence-electron chi connectivity index (χ0n) is 13.5. The van der Waals surface area contributed by atoms with Crippen molar-refractivity contribution in [3.05, 3.63) is 28.8 Å². The molecule has 0 aromatic heterocycles.